The molecule has 0 aromatic heterocycles. The van der Waals surface area contributed by atoms with E-state index in [0.717, 1.165) is 6.61 Å². The first-order valence-electron chi connectivity index (χ1n) is 4.97. The van der Waals surface area contributed by atoms with Crippen molar-refractivity contribution in [3.05, 3.63) is 12.7 Å². The summed E-state index contributed by atoms with van der Waals surface area (Å²) in [7, 11) is -1.53. The lowest BCUT2D eigenvalue weighted by Gasteiger charge is -2.36. The first kappa shape index (κ1) is 12.9. The van der Waals surface area contributed by atoms with Crippen molar-refractivity contribution < 1.29 is 4.43 Å². The van der Waals surface area contributed by atoms with Gasteiger partial charge in [-0.15, -0.1) is 6.58 Å². The fourth-order valence-corrected chi connectivity index (χ4v) is 1.74. The molecule has 0 bridgehead atoms. The number of rotatable bonds is 4. The molecule has 1 nitrogen and oxygen atoms in total. The third kappa shape index (κ3) is 4.10. The van der Waals surface area contributed by atoms with E-state index in [1.807, 2.05) is 6.08 Å². The van der Waals surface area contributed by atoms with Crippen LogP contribution in [0.1, 0.15) is 27.7 Å². The van der Waals surface area contributed by atoms with Gasteiger partial charge in [-0.3, -0.25) is 0 Å². The van der Waals surface area contributed by atoms with Crippen LogP contribution in [0.15, 0.2) is 12.7 Å². The van der Waals surface area contributed by atoms with Gasteiger partial charge in [-0.25, -0.2) is 0 Å². The summed E-state index contributed by atoms with van der Waals surface area (Å²) in [6.07, 6.45) is 1.95. The molecule has 0 aliphatic carbocycles. The monoisotopic (exact) mass is 200 g/mol. The van der Waals surface area contributed by atoms with Gasteiger partial charge in [0, 0.05) is 6.61 Å². The Bertz CT molecular complexity index is 167. The molecule has 78 valence electrons. The molecule has 0 rings (SSSR count). The van der Waals surface area contributed by atoms with Gasteiger partial charge in [-0.2, -0.15) is 0 Å². The van der Waals surface area contributed by atoms with Crippen molar-refractivity contribution in [2.45, 2.75) is 45.8 Å². The molecule has 0 aliphatic heterocycles. The standard InChI is InChI=1S/C11H24OSi/c1-8-10(2)9-12-13(6,7)11(3,4)5/h8,10H,1,9H2,2-7H3/t10-/m1/s1. The topological polar surface area (TPSA) is 9.23 Å². The van der Waals surface area contributed by atoms with Crippen LogP contribution in [0.4, 0.5) is 0 Å². The average molecular weight is 200 g/mol. The molecule has 13 heavy (non-hydrogen) atoms. The van der Waals surface area contributed by atoms with E-state index in [2.05, 4.69) is 47.4 Å². The summed E-state index contributed by atoms with van der Waals surface area (Å²) >= 11 is 0. The van der Waals surface area contributed by atoms with Crippen LogP contribution in [0.3, 0.4) is 0 Å². The van der Waals surface area contributed by atoms with Crippen molar-refractivity contribution in [2.24, 2.45) is 5.92 Å². The highest BCUT2D eigenvalue weighted by molar-refractivity contribution is 6.74. The van der Waals surface area contributed by atoms with Gasteiger partial charge in [-0.05, 0) is 24.1 Å². The van der Waals surface area contributed by atoms with E-state index in [1.54, 1.807) is 0 Å². The maximum Gasteiger partial charge on any atom is 0.192 e. The maximum atomic E-state index is 6.01. The summed E-state index contributed by atoms with van der Waals surface area (Å²) < 4.78 is 6.01. The molecule has 0 saturated carbocycles. The van der Waals surface area contributed by atoms with Gasteiger partial charge in [0.25, 0.3) is 0 Å². The molecule has 0 N–H and O–H groups in total. The minimum absolute atomic E-state index is 0.313. The molecule has 0 amide bonds. The fourth-order valence-electron chi connectivity index (χ4n) is 0.624. The minimum Gasteiger partial charge on any atom is -0.416 e. The van der Waals surface area contributed by atoms with E-state index in [4.69, 9.17) is 4.43 Å². The van der Waals surface area contributed by atoms with Crippen LogP contribution in [0.5, 0.6) is 0 Å². The Hall–Kier alpha value is -0.0831. The first-order chi connectivity index (χ1) is 5.70. The third-order valence-corrected chi connectivity index (χ3v) is 7.42. The lowest BCUT2D eigenvalue weighted by Crippen LogP contribution is -2.41. The molecule has 2 heteroatoms. The molecule has 1 atom stereocenters. The van der Waals surface area contributed by atoms with Crippen LogP contribution in [0.2, 0.25) is 18.1 Å². The highest BCUT2D eigenvalue weighted by atomic mass is 28.4. The first-order valence-corrected chi connectivity index (χ1v) is 7.88. The lowest BCUT2D eigenvalue weighted by molar-refractivity contribution is 0.259. The largest absolute Gasteiger partial charge is 0.416 e. The van der Waals surface area contributed by atoms with Crippen LogP contribution >= 0.6 is 0 Å². The molecular weight excluding hydrogens is 176 g/mol. The predicted octanol–water partition coefficient (Wildman–Crippen LogP) is 3.83. The second kappa shape index (κ2) is 4.42. The van der Waals surface area contributed by atoms with E-state index in [0.29, 0.717) is 11.0 Å². The van der Waals surface area contributed by atoms with Gasteiger partial charge in [0.05, 0.1) is 0 Å². The van der Waals surface area contributed by atoms with Crippen LogP contribution in [-0.2, 0) is 4.43 Å². The van der Waals surface area contributed by atoms with E-state index < -0.39 is 8.32 Å². The Balaban J connectivity index is 4.11. The van der Waals surface area contributed by atoms with Crippen molar-refractivity contribution in [3.63, 3.8) is 0 Å². The van der Waals surface area contributed by atoms with E-state index in [1.165, 1.54) is 0 Å². The molecule has 0 aliphatic rings. The zero-order valence-electron chi connectivity index (χ0n) is 9.98. The summed E-state index contributed by atoms with van der Waals surface area (Å²) in [4.78, 5) is 0. The average Bonchev–Trinajstić information content (AvgIpc) is 1.98. The predicted molar refractivity (Wildman–Crippen MR) is 62.5 cm³/mol. The van der Waals surface area contributed by atoms with Gasteiger partial charge < -0.3 is 4.43 Å². The summed E-state index contributed by atoms with van der Waals surface area (Å²) in [5.74, 6) is 0.467. The summed E-state index contributed by atoms with van der Waals surface area (Å²) in [5.41, 5.74) is 0. The van der Waals surface area contributed by atoms with E-state index >= 15 is 0 Å². The number of hydrogen-bond donors (Lipinski definition) is 0. The zero-order chi connectivity index (χ0) is 10.7. The van der Waals surface area contributed by atoms with Crippen molar-refractivity contribution in [1.29, 1.82) is 0 Å². The Kier molecular flexibility index (Phi) is 4.40. The second-order valence-electron chi connectivity index (χ2n) is 5.28. The van der Waals surface area contributed by atoms with Crippen LogP contribution in [0.25, 0.3) is 0 Å². The molecule has 0 aromatic carbocycles. The van der Waals surface area contributed by atoms with Gasteiger partial charge >= 0.3 is 0 Å². The summed E-state index contributed by atoms with van der Waals surface area (Å²) in [6, 6.07) is 0. The van der Waals surface area contributed by atoms with Crippen molar-refractivity contribution in [3.8, 4) is 0 Å². The molecule has 0 unspecified atom stereocenters. The van der Waals surface area contributed by atoms with Gasteiger partial charge in [-0.1, -0.05) is 33.8 Å². The number of hydrogen-bond acceptors (Lipinski definition) is 1. The molecule has 0 heterocycles. The highest BCUT2D eigenvalue weighted by Crippen LogP contribution is 2.36. The van der Waals surface area contributed by atoms with Crippen LogP contribution in [-0.4, -0.2) is 14.9 Å². The Morgan fingerprint density at radius 1 is 1.38 bits per heavy atom. The minimum atomic E-state index is -1.53. The van der Waals surface area contributed by atoms with Gasteiger partial charge in [0.2, 0.25) is 0 Å². The smallest absolute Gasteiger partial charge is 0.192 e. The molecule has 0 aromatic rings. The SMILES string of the molecule is C=C[C@@H](C)CO[Si](C)(C)C(C)(C)C. The van der Waals surface area contributed by atoms with Crippen molar-refractivity contribution in [2.75, 3.05) is 6.61 Å². The molecule has 0 radical (unpaired) electrons. The van der Waals surface area contributed by atoms with Crippen LogP contribution in [0, 0.1) is 5.92 Å². The fraction of sp³-hybridized carbons (Fsp3) is 0.818. The summed E-state index contributed by atoms with van der Waals surface area (Å²) in [5, 5.41) is 0.313. The molecule has 0 spiro atoms. The second-order valence-corrected chi connectivity index (χ2v) is 10.1. The van der Waals surface area contributed by atoms with Gasteiger partial charge in [0.1, 0.15) is 0 Å². The lowest BCUT2D eigenvalue weighted by atomic mass is 10.2. The summed E-state index contributed by atoms with van der Waals surface area (Å²) in [6.45, 7) is 18.1. The molecule has 0 fully saturated rings. The Morgan fingerprint density at radius 3 is 2.15 bits per heavy atom. The quantitative estimate of drug-likeness (QED) is 0.495. The van der Waals surface area contributed by atoms with Crippen molar-refractivity contribution in [1.82, 2.24) is 0 Å². The Morgan fingerprint density at radius 2 is 1.85 bits per heavy atom. The van der Waals surface area contributed by atoms with Crippen LogP contribution < -0.4 is 0 Å². The van der Waals surface area contributed by atoms with E-state index in [-0.39, 0.29) is 0 Å². The van der Waals surface area contributed by atoms with E-state index in [9.17, 15) is 0 Å². The third-order valence-electron chi connectivity index (χ3n) is 2.92. The molecular formula is C11H24OSi. The van der Waals surface area contributed by atoms with Crippen molar-refractivity contribution >= 4 is 8.32 Å². The zero-order valence-corrected chi connectivity index (χ0v) is 11.0. The molecule has 0 saturated heterocycles. The van der Waals surface area contributed by atoms with Gasteiger partial charge in [0.15, 0.2) is 8.32 Å². The highest BCUT2D eigenvalue weighted by Gasteiger charge is 2.37. The Labute approximate surface area is 84.3 Å². The normalized spacial score (nSPS) is 15.5. The maximum absolute atomic E-state index is 6.01.